The number of hydrogen-bond acceptors (Lipinski definition) is 5. The summed E-state index contributed by atoms with van der Waals surface area (Å²) in [6.07, 6.45) is 3.20. The lowest BCUT2D eigenvalue weighted by atomic mass is 10.1. The number of nitrogens with zero attached hydrogens (tertiary/aromatic N) is 3. The summed E-state index contributed by atoms with van der Waals surface area (Å²) in [5.74, 6) is 1.30. The molecule has 1 aromatic heterocycles. The van der Waals surface area contributed by atoms with E-state index in [1.165, 1.54) is 6.42 Å². The molecule has 0 saturated carbocycles. The van der Waals surface area contributed by atoms with Crippen molar-refractivity contribution < 1.29 is 4.74 Å². The first-order valence-corrected chi connectivity index (χ1v) is 7.62. The van der Waals surface area contributed by atoms with Crippen LogP contribution in [-0.2, 0) is 4.74 Å². The van der Waals surface area contributed by atoms with Gasteiger partial charge in [-0.3, -0.25) is 0 Å². The molecule has 0 radical (unpaired) electrons. The zero-order chi connectivity index (χ0) is 15.1. The van der Waals surface area contributed by atoms with E-state index in [0.29, 0.717) is 23.4 Å². The van der Waals surface area contributed by atoms with E-state index in [1.807, 2.05) is 0 Å². The van der Waals surface area contributed by atoms with Crippen LogP contribution in [0.3, 0.4) is 0 Å². The number of aromatic nitrogens is 1. The Morgan fingerprint density at radius 1 is 1.57 bits per heavy atom. The Morgan fingerprint density at radius 3 is 3.19 bits per heavy atom. The molecule has 2 rings (SSSR count). The lowest BCUT2D eigenvalue weighted by molar-refractivity contribution is 0.0630. The molecule has 1 N–H and O–H groups in total. The van der Waals surface area contributed by atoms with Crippen LogP contribution in [-0.4, -0.2) is 48.8 Å². The second-order valence-corrected chi connectivity index (χ2v) is 5.77. The highest BCUT2D eigenvalue weighted by molar-refractivity contribution is 5.51. The third-order valence-corrected chi connectivity index (χ3v) is 3.72. The van der Waals surface area contributed by atoms with Crippen molar-refractivity contribution in [3.8, 4) is 6.07 Å². The van der Waals surface area contributed by atoms with Gasteiger partial charge in [-0.25, -0.2) is 4.98 Å². The first kappa shape index (κ1) is 15.7. The van der Waals surface area contributed by atoms with E-state index in [0.717, 1.165) is 32.8 Å². The Hall–Kier alpha value is -1.64. The molecule has 1 aromatic rings. The number of nitriles is 1. The SMILES string of the molecule is CC(C)OCCN1CCC(CNc2ncccc2C#N)C1. The molecule has 2 heterocycles. The summed E-state index contributed by atoms with van der Waals surface area (Å²) in [5, 5.41) is 12.4. The predicted octanol–water partition coefficient (Wildman–Crippen LogP) is 2.11. The Morgan fingerprint density at radius 2 is 2.43 bits per heavy atom. The quantitative estimate of drug-likeness (QED) is 0.832. The van der Waals surface area contributed by atoms with Gasteiger partial charge in [-0.2, -0.15) is 5.26 Å². The molecular weight excluding hydrogens is 264 g/mol. The normalized spacial score (nSPS) is 18.9. The Labute approximate surface area is 126 Å². The van der Waals surface area contributed by atoms with Crippen LogP contribution in [0.2, 0.25) is 0 Å². The zero-order valence-corrected chi connectivity index (χ0v) is 12.9. The fourth-order valence-corrected chi connectivity index (χ4v) is 2.58. The Bertz CT molecular complexity index is 483. The minimum Gasteiger partial charge on any atom is -0.377 e. The van der Waals surface area contributed by atoms with Gasteiger partial charge in [0.2, 0.25) is 0 Å². The summed E-state index contributed by atoms with van der Waals surface area (Å²) >= 11 is 0. The molecule has 5 heteroatoms. The number of ether oxygens (including phenoxy) is 1. The Balaban J connectivity index is 1.72. The average Bonchev–Trinajstić information content (AvgIpc) is 2.93. The molecule has 5 nitrogen and oxygen atoms in total. The molecule has 1 unspecified atom stereocenters. The van der Waals surface area contributed by atoms with E-state index >= 15 is 0 Å². The van der Waals surface area contributed by atoms with Crippen LogP contribution >= 0.6 is 0 Å². The topological polar surface area (TPSA) is 61.2 Å². The second-order valence-electron chi connectivity index (χ2n) is 5.77. The van der Waals surface area contributed by atoms with Crippen LogP contribution < -0.4 is 5.32 Å². The van der Waals surface area contributed by atoms with Crippen LogP contribution in [0.15, 0.2) is 18.3 Å². The highest BCUT2D eigenvalue weighted by Gasteiger charge is 2.22. The summed E-state index contributed by atoms with van der Waals surface area (Å²) in [6, 6.07) is 5.74. The van der Waals surface area contributed by atoms with E-state index in [1.54, 1.807) is 18.3 Å². The van der Waals surface area contributed by atoms with Crippen LogP contribution in [0.5, 0.6) is 0 Å². The van der Waals surface area contributed by atoms with Gasteiger partial charge in [0.05, 0.1) is 18.3 Å². The fourth-order valence-electron chi connectivity index (χ4n) is 2.58. The molecule has 0 aliphatic carbocycles. The van der Waals surface area contributed by atoms with Gasteiger partial charge in [-0.05, 0) is 44.9 Å². The number of likely N-dealkylation sites (tertiary alicyclic amines) is 1. The standard InChI is InChI=1S/C16H24N4O/c1-13(2)21-9-8-20-7-5-14(12-20)11-19-16-15(10-17)4-3-6-18-16/h3-4,6,13-14H,5,7-9,11-12H2,1-2H3,(H,18,19). The lowest BCUT2D eigenvalue weighted by Crippen LogP contribution is -2.27. The molecule has 21 heavy (non-hydrogen) atoms. The molecule has 114 valence electrons. The molecule has 1 atom stereocenters. The van der Waals surface area contributed by atoms with Crippen LogP contribution in [0, 0.1) is 17.2 Å². The van der Waals surface area contributed by atoms with Crippen molar-refractivity contribution in [2.45, 2.75) is 26.4 Å². The summed E-state index contributed by atoms with van der Waals surface area (Å²) in [7, 11) is 0. The van der Waals surface area contributed by atoms with Crippen molar-refractivity contribution in [3.05, 3.63) is 23.9 Å². The number of hydrogen-bond donors (Lipinski definition) is 1. The number of rotatable bonds is 7. The van der Waals surface area contributed by atoms with Gasteiger partial charge >= 0.3 is 0 Å². The number of anilines is 1. The van der Waals surface area contributed by atoms with Gasteiger partial charge in [0.1, 0.15) is 11.9 Å². The second kappa shape index (κ2) is 7.96. The van der Waals surface area contributed by atoms with Gasteiger partial charge in [0.15, 0.2) is 0 Å². The van der Waals surface area contributed by atoms with Gasteiger partial charge in [-0.1, -0.05) is 0 Å². The molecule has 0 aromatic carbocycles. The molecule has 1 fully saturated rings. The highest BCUT2D eigenvalue weighted by Crippen LogP contribution is 2.17. The smallest absolute Gasteiger partial charge is 0.143 e. The van der Waals surface area contributed by atoms with E-state index in [2.05, 4.69) is 35.1 Å². The maximum absolute atomic E-state index is 9.04. The molecule has 1 aliphatic heterocycles. The number of nitrogens with one attached hydrogen (secondary N) is 1. The van der Waals surface area contributed by atoms with Crippen molar-refractivity contribution in [1.82, 2.24) is 9.88 Å². The largest absolute Gasteiger partial charge is 0.377 e. The van der Waals surface area contributed by atoms with Crippen molar-refractivity contribution in [2.75, 3.05) is 38.1 Å². The maximum Gasteiger partial charge on any atom is 0.143 e. The number of pyridine rings is 1. The Kier molecular flexibility index (Phi) is 5.97. The minimum atomic E-state index is 0.304. The fraction of sp³-hybridized carbons (Fsp3) is 0.625. The van der Waals surface area contributed by atoms with E-state index in [-0.39, 0.29) is 0 Å². The third kappa shape index (κ3) is 5.00. The predicted molar refractivity (Wildman–Crippen MR) is 83.1 cm³/mol. The van der Waals surface area contributed by atoms with Gasteiger partial charge in [0.25, 0.3) is 0 Å². The van der Waals surface area contributed by atoms with Gasteiger partial charge in [-0.15, -0.1) is 0 Å². The summed E-state index contributed by atoms with van der Waals surface area (Å²) in [4.78, 5) is 6.67. The zero-order valence-electron chi connectivity index (χ0n) is 12.9. The van der Waals surface area contributed by atoms with Gasteiger partial charge < -0.3 is 15.0 Å². The van der Waals surface area contributed by atoms with Crippen molar-refractivity contribution in [1.29, 1.82) is 5.26 Å². The van der Waals surface area contributed by atoms with E-state index < -0.39 is 0 Å². The molecular formula is C16H24N4O. The average molecular weight is 288 g/mol. The van der Waals surface area contributed by atoms with Crippen LogP contribution in [0.4, 0.5) is 5.82 Å². The van der Waals surface area contributed by atoms with Crippen LogP contribution in [0.25, 0.3) is 0 Å². The summed E-state index contributed by atoms with van der Waals surface area (Å²) < 4.78 is 5.60. The van der Waals surface area contributed by atoms with E-state index in [9.17, 15) is 0 Å². The van der Waals surface area contributed by atoms with E-state index in [4.69, 9.17) is 10.00 Å². The van der Waals surface area contributed by atoms with Crippen molar-refractivity contribution >= 4 is 5.82 Å². The summed E-state index contributed by atoms with van der Waals surface area (Å²) in [5.41, 5.74) is 0.609. The molecule has 1 aliphatic rings. The molecule has 0 bridgehead atoms. The minimum absolute atomic E-state index is 0.304. The lowest BCUT2D eigenvalue weighted by Gasteiger charge is -2.17. The first-order chi connectivity index (χ1) is 10.2. The molecule has 0 amide bonds. The van der Waals surface area contributed by atoms with Crippen molar-refractivity contribution in [3.63, 3.8) is 0 Å². The highest BCUT2D eigenvalue weighted by atomic mass is 16.5. The molecule has 1 saturated heterocycles. The maximum atomic E-state index is 9.04. The summed E-state index contributed by atoms with van der Waals surface area (Å²) in [6.45, 7) is 9.02. The van der Waals surface area contributed by atoms with Crippen LogP contribution in [0.1, 0.15) is 25.8 Å². The van der Waals surface area contributed by atoms with Crippen molar-refractivity contribution in [2.24, 2.45) is 5.92 Å². The van der Waals surface area contributed by atoms with Gasteiger partial charge in [0, 0.05) is 25.8 Å². The monoisotopic (exact) mass is 288 g/mol. The third-order valence-electron chi connectivity index (χ3n) is 3.72. The molecule has 0 spiro atoms. The first-order valence-electron chi connectivity index (χ1n) is 7.62.